The second-order valence-electron chi connectivity index (χ2n) is 3.77. The molecule has 0 spiro atoms. The highest BCUT2D eigenvalue weighted by Gasteiger charge is 2.20. The van der Waals surface area contributed by atoms with Gasteiger partial charge in [0.1, 0.15) is 15.5 Å². The first-order valence-corrected chi connectivity index (χ1v) is 6.01. The summed E-state index contributed by atoms with van der Waals surface area (Å²) in [6.45, 7) is 3.57. The smallest absolute Gasteiger partial charge is 0.346 e. The van der Waals surface area contributed by atoms with Crippen LogP contribution in [-0.2, 0) is 13.5 Å². The predicted molar refractivity (Wildman–Crippen MR) is 65.9 cm³/mol. The van der Waals surface area contributed by atoms with E-state index in [1.54, 1.807) is 14.0 Å². The summed E-state index contributed by atoms with van der Waals surface area (Å²) >= 11 is 1.07. The maximum absolute atomic E-state index is 12.1. The first-order valence-electron chi connectivity index (χ1n) is 5.19. The fourth-order valence-electron chi connectivity index (χ4n) is 1.80. The van der Waals surface area contributed by atoms with E-state index in [1.165, 1.54) is 4.57 Å². The van der Waals surface area contributed by atoms with Gasteiger partial charge in [-0.3, -0.25) is 9.36 Å². The van der Waals surface area contributed by atoms with E-state index < -0.39 is 5.97 Å². The normalized spacial score (nSPS) is 11.0. The molecule has 17 heavy (non-hydrogen) atoms. The van der Waals surface area contributed by atoms with Crippen LogP contribution in [0.4, 0.5) is 0 Å². The van der Waals surface area contributed by atoms with E-state index in [2.05, 4.69) is 4.98 Å². The molecular formula is C11H12N2O3S. The summed E-state index contributed by atoms with van der Waals surface area (Å²) in [5.74, 6) is -0.409. The Morgan fingerprint density at radius 1 is 1.53 bits per heavy atom. The summed E-state index contributed by atoms with van der Waals surface area (Å²) in [4.78, 5) is 28.2. The van der Waals surface area contributed by atoms with E-state index in [0.29, 0.717) is 28.0 Å². The van der Waals surface area contributed by atoms with Gasteiger partial charge in [-0.25, -0.2) is 9.78 Å². The van der Waals surface area contributed by atoms with Crippen molar-refractivity contribution in [2.75, 3.05) is 0 Å². The van der Waals surface area contributed by atoms with Gasteiger partial charge in [0, 0.05) is 7.05 Å². The molecule has 0 aliphatic heterocycles. The van der Waals surface area contributed by atoms with Crippen molar-refractivity contribution in [3.63, 3.8) is 0 Å². The molecule has 2 aromatic rings. The van der Waals surface area contributed by atoms with E-state index in [-0.39, 0.29) is 10.4 Å². The maximum Gasteiger partial charge on any atom is 0.346 e. The highest BCUT2D eigenvalue weighted by molar-refractivity contribution is 7.20. The maximum atomic E-state index is 12.1. The molecule has 0 unspecified atom stereocenters. The third-order valence-electron chi connectivity index (χ3n) is 2.80. The topological polar surface area (TPSA) is 72.2 Å². The van der Waals surface area contributed by atoms with Crippen LogP contribution in [0.15, 0.2) is 4.79 Å². The molecule has 0 amide bonds. The van der Waals surface area contributed by atoms with Gasteiger partial charge < -0.3 is 5.11 Å². The van der Waals surface area contributed by atoms with Crippen LogP contribution in [0.5, 0.6) is 0 Å². The molecule has 0 aromatic carbocycles. The van der Waals surface area contributed by atoms with E-state index in [1.807, 2.05) is 6.92 Å². The SMILES string of the molecule is CCc1c(C(=O)O)sc2nc(C)n(C)c(=O)c12. The molecule has 0 atom stereocenters. The number of carboxylic acid groups (broad SMARTS) is 1. The Hall–Kier alpha value is -1.69. The molecule has 2 rings (SSSR count). The largest absolute Gasteiger partial charge is 0.477 e. The molecule has 90 valence electrons. The zero-order valence-electron chi connectivity index (χ0n) is 9.77. The third-order valence-corrected chi connectivity index (χ3v) is 3.92. The lowest BCUT2D eigenvalue weighted by atomic mass is 10.1. The number of carboxylic acids is 1. The summed E-state index contributed by atoms with van der Waals surface area (Å²) < 4.78 is 1.44. The number of nitrogens with zero attached hydrogens (tertiary/aromatic N) is 2. The van der Waals surface area contributed by atoms with Crippen LogP contribution in [0.3, 0.4) is 0 Å². The van der Waals surface area contributed by atoms with Crippen LogP contribution >= 0.6 is 11.3 Å². The second-order valence-corrected chi connectivity index (χ2v) is 4.77. The predicted octanol–water partition coefficient (Wildman–Crippen LogP) is 1.56. The Kier molecular flexibility index (Phi) is 2.74. The highest BCUT2D eigenvalue weighted by atomic mass is 32.1. The number of thiophene rings is 1. The molecule has 2 aromatic heterocycles. The van der Waals surface area contributed by atoms with Crippen molar-refractivity contribution in [3.05, 3.63) is 26.6 Å². The summed E-state index contributed by atoms with van der Waals surface area (Å²) in [5.41, 5.74) is 0.415. The Morgan fingerprint density at radius 3 is 2.71 bits per heavy atom. The second kappa shape index (κ2) is 3.96. The fourth-order valence-corrected chi connectivity index (χ4v) is 2.94. The van der Waals surface area contributed by atoms with E-state index in [0.717, 1.165) is 11.3 Å². The average molecular weight is 252 g/mol. The van der Waals surface area contributed by atoms with Crippen LogP contribution < -0.4 is 5.56 Å². The fraction of sp³-hybridized carbons (Fsp3) is 0.364. The van der Waals surface area contributed by atoms with Gasteiger partial charge in [0.15, 0.2) is 0 Å². The van der Waals surface area contributed by atoms with Crippen molar-refractivity contribution in [2.45, 2.75) is 20.3 Å². The number of rotatable bonds is 2. The lowest BCUT2D eigenvalue weighted by Gasteiger charge is -2.02. The molecule has 1 N–H and O–H groups in total. The minimum absolute atomic E-state index is 0.173. The number of aromatic carboxylic acids is 1. The van der Waals surface area contributed by atoms with Crippen molar-refractivity contribution >= 4 is 27.5 Å². The van der Waals surface area contributed by atoms with Gasteiger partial charge in [-0.2, -0.15) is 0 Å². The molecule has 0 bridgehead atoms. The Labute approximate surface area is 101 Å². The van der Waals surface area contributed by atoms with Gasteiger partial charge in [0.25, 0.3) is 5.56 Å². The molecule has 0 saturated carbocycles. The minimum atomic E-state index is -0.996. The summed E-state index contributed by atoms with van der Waals surface area (Å²) in [6.07, 6.45) is 0.515. The molecule has 0 fully saturated rings. The quantitative estimate of drug-likeness (QED) is 0.880. The first kappa shape index (κ1) is 11.8. The highest BCUT2D eigenvalue weighted by Crippen LogP contribution is 2.28. The van der Waals surface area contributed by atoms with E-state index >= 15 is 0 Å². The number of hydrogen-bond donors (Lipinski definition) is 1. The zero-order valence-corrected chi connectivity index (χ0v) is 10.6. The molecule has 0 radical (unpaired) electrons. The van der Waals surface area contributed by atoms with E-state index in [9.17, 15) is 9.59 Å². The molecule has 0 saturated heterocycles. The third kappa shape index (κ3) is 1.64. The Morgan fingerprint density at radius 2 is 2.18 bits per heavy atom. The van der Waals surface area contributed by atoms with Crippen molar-refractivity contribution < 1.29 is 9.90 Å². The molecule has 0 aliphatic carbocycles. The summed E-state index contributed by atoms with van der Waals surface area (Å²) in [6, 6.07) is 0. The standard InChI is InChI=1S/C11H12N2O3S/c1-4-6-7-9(17-8(6)11(15)16)12-5(2)13(3)10(7)14/h4H2,1-3H3,(H,15,16). The lowest BCUT2D eigenvalue weighted by molar-refractivity contribution is 0.0701. The monoisotopic (exact) mass is 252 g/mol. The molecular weight excluding hydrogens is 240 g/mol. The van der Waals surface area contributed by atoms with Crippen molar-refractivity contribution in [2.24, 2.45) is 7.05 Å². The number of aryl methyl sites for hydroxylation is 2. The number of hydrogen-bond acceptors (Lipinski definition) is 4. The number of carbonyl (C=O) groups is 1. The number of aromatic nitrogens is 2. The summed E-state index contributed by atoms with van der Waals surface area (Å²) in [5, 5.41) is 9.55. The van der Waals surface area contributed by atoms with Crippen molar-refractivity contribution in [1.29, 1.82) is 0 Å². The van der Waals surface area contributed by atoms with Crippen LogP contribution in [-0.4, -0.2) is 20.6 Å². The average Bonchev–Trinajstić information content (AvgIpc) is 2.64. The van der Waals surface area contributed by atoms with Crippen LogP contribution in [0, 0.1) is 6.92 Å². The van der Waals surface area contributed by atoms with Gasteiger partial charge in [0.2, 0.25) is 0 Å². The van der Waals surface area contributed by atoms with Crippen LogP contribution in [0.1, 0.15) is 28.0 Å². The van der Waals surface area contributed by atoms with Gasteiger partial charge in [-0.1, -0.05) is 6.92 Å². The van der Waals surface area contributed by atoms with Gasteiger partial charge in [0.05, 0.1) is 5.39 Å². The first-order chi connectivity index (χ1) is 7.97. The lowest BCUT2D eigenvalue weighted by Crippen LogP contribution is -2.20. The van der Waals surface area contributed by atoms with Gasteiger partial charge in [-0.05, 0) is 18.9 Å². The molecule has 0 aliphatic rings. The molecule has 6 heteroatoms. The van der Waals surface area contributed by atoms with E-state index in [4.69, 9.17) is 5.11 Å². The van der Waals surface area contributed by atoms with Gasteiger partial charge >= 0.3 is 5.97 Å². The minimum Gasteiger partial charge on any atom is -0.477 e. The number of fused-ring (bicyclic) bond motifs is 1. The zero-order chi connectivity index (χ0) is 12.7. The summed E-state index contributed by atoms with van der Waals surface area (Å²) in [7, 11) is 1.64. The van der Waals surface area contributed by atoms with Crippen LogP contribution in [0.25, 0.3) is 10.2 Å². The van der Waals surface area contributed by atoms with Crippen LogP contribution in [0.2, 0.25) is 0 Å². The Balaban J connectivity index is 2.99. The molecule has 2 heterocycles. The van der Waals surface area contributed by atoms with Gasteiger partial charge in [-0.15, -0.1) is 11.3 Å². The van der Waals surface area contributed by atoms with Crippen molar-refractivity contribution in [1.82, 2.24) is 9.55 Å². The Bertz CT molecular complexity index is 669. The molecule has 5 nitrogen and oxygen atoms in total. The van der Waals surface area contributed by atoms with Crippen molar-refractivity contribution in [3.8, 4) is 0 Å².